The highest BCUT2D eigenvalue weighted by atomic mass is 35.5. The lowest BCUT2D eigenvalue weighted by atomic mass is 10.2. The third-order valence-corrected chi connectivity index (χ3v) is 7.57. The molecule has 0 aliphatic carbocycles. The van der Waals surface area contributed by atoms with Gasteiger partial charge in [-0.15, -0.1) is 6.58 Å². The van der Waals surface area contributed by atoms with Crippen molar-refractivity contribution in [3.05, 3.63) is 95.2 Å². The van der Waals surface area contributed by atoms with Gasteiger partial charge in [0.2, 0.25) is 12.4 Å². The molecule has 3 aromatic rings. The predicted molar refractivity (Wildman–Crippen MR) is 149 cm³/mol. The van der Waals surface area contributed by atoms with E-state index in [0.29, 0.717) is 28.4 Å². The monoisotopic (exact) mass is 550 g/mol. The van der Waals surface area contributed by atoms with Crippen molar-refractivity contribution in [2.45, 2.75) is 27.3 Å². The predicted octanol–water partition coefficient (Wildman–Crippen LogP) is 5.90. The van der Waals surface area contributed by atoms with E-state index in [9.17, 15) is 13.8 Å². The zero-order valence-electron chi connectivity index (χ0n) is 22.1. The number of pyridine rings is 1. The van der Waals surface area contributed by atoms with E-state index in [-0.39, 0.29) is 17.5 Å². The zero-order valence-corrected chi connectivity index (χ0v) is 23.8. The fourth-order valence-corrected chi connectivity index (χ4v) is 5.60. The summed E-state index contributed by atoms with van der Waals surface area (Å²) in [4.78, 5) is 21.4. The highest BCUT2D eigenvalue weighted by Gasteiger charge is 2.36. The standard InChI is InChI=1S/C23H25ClN3O4P.C3H6.CH3F/c1-15(2)12-16(3)32(29,31-5)22-19-13-18(24)6-7-20(19)26-21(22)23(28)25-14-17-8-10-27(30-4)11-9-17;1-3-2;1-2/h6-13H,3,14H2,1-2,4-5H3,(H-,25,26,28,29);3H,1H2,2H3;1H3/p+1. The number of amides is 1. The van der Waals surface area contributed by atoms with Gasteiger partial charge in [0, 0.05) is 51.8 Å². The third kappa shape index (κ3) is 8.15. The lowest BCUT2D eigenvalue weighted by molar-refractivity contribution is -0.885. The second-order valence-corrected chi connectivity index (χ2v) is 10.8. The molecule has 7 nitrogen and oxygen atoms in total. The molecule has 1 unspecified atom stereocenters. The molecule has 1 aromatic carbocycles. The van der Waals surface area contributed by atoms with E-state index >= 15 is 0 Å². The lowest BCUT2D eigenvalue weighted by Crippen LogP contribution is -2.39. The minimum absolute atomic E-state index is 0.152. The van der Waals surface area contributed by atoms with E-state index < -0.39 is 13.3 Å². The lowest BCUT2D eigenvalue weighted by Gasteiger charge is -2.18. The molecular weight excluding hydrogens is 516 g/mol. The van der Waals surface area contributed by atoms with Crippen LogP contribution in [-0.2, 0) is 15.6 Å². The Labute approximate surface area is 223 Å². The van der Waals surface area contributed by atoms with E-state index in [2.05, 4.69) is 23.5 Å². The summed E-state index contributed by atoms with van der Waals surface area (Å²) in [5, 5.41) is 4.42. The third-order valence-electron chi connectivity index (χ3n) is 4.88. The van der Waals surface area contributed by atoms with Crippen LogP contribution in [0.1, 0.15) is 36.8 Å². The Hall–Kier alpha value is -3.19. The number of benzene rings is 1. The van der Waals surface area contributed by atoms with Gasteiger partial charge < -0.3 is 14.8 Å². The van der Waals surface area contributed by atoms with Crippen molar-refractivity contribution >= 4 is 41.1 Å². The zero-order chi connectivity index (χ0) is 28.2. The number of carbonyl (C=O) groups is 1. The molecule has 37 heavy (non-hydrogen) atoms. The molecule has 0 bridgehead atoms. The Morgan fingerprint density at radius 1 is 1.22 bits per heavy atom. The van der Waals surface area contributed by atoms with Crippen molar-refractivity contribution in [1.82, 2.24) is 10.3 Å². The van der Waals surface area contributed by atoms with Crippen molar-refractivity contribution in [2.24, 2.45) is 0 Å². The summed E-state index contributed by atoms with van der Waals surface area (Å²) in [5.74, 6) is -0.418. The second-order valence-electron chi connectivity index (χ2n) is 7.83. The van der Waals surface area contributed by atoms with Gasteiger partial charge in [0.25, 0.3) is 13.3 Å². The molecule has 2 aromatic heterocycles. The number of H-pyrrole nitrogens is 1. The number of fused-ring (bicyclic) bond motifs is 1. The van der Waals surface area contributed by atoms with E-state index in [1.54, 1.807) is 49.9 Å². The number of nitrogens with zero attached hydrogens (tertiary/aromatic N) is 1. The number of carbonyl (C=O) groups excluding carboxylic acids is 1. The molecule has 0 saturated heterocycles. The molecule has 0 spiro atoms. The summed E-state index contributed by atoms with van der Waals surface area (Å²) in [5.41, 5.74) is 2.56. The number of allylic oxidation sites excluding steroid dienone is 4. The van der Waals surface area contributed by atoms with Crippen molar-refractivity contribution in [2.75, 3.05) is 21.4 Å². The summed E-state index contributed by atoms with van der Waals surface area (Å²) in [6, 6.07) is 8.76. The fourth-order valence-electron chi connectivity index (χ4n) is 3.34. The number of aromatic nitrogens is 2. The molecule has 0 radical (unpaired) electrons. The molecule has 200 valence electrons. The van der Waals surface area contributed by atoms with Gasteiger partial charge >= 0.3 is 0 Å². The number of alkyl halides is 1. The van der Waals surface area contributed by atoms with Crippen molar-refractivity contribution in [3.8, 4) is 0 Å². The molecule has 0 saturated carbocycles. The van der Waals surface area contributed by atoms with Crippen LogP contribution in [0.2, 0.25) is 5.02 Å². The Balaban J connectivity index is 0.00000127. The average molecular weight is 551 g/mol. The van der Waals surface area contributed by atoms with Gasteiger partial charge in [-0.25, -0.2) is 0 Å². The maximum atomic E-state index is 14.0. The Morgan fingerprint density at radius 3 is 2.32 bits per heavy atom. The van der Waals surface area contributed by atoms with E-state index in [1.807, 2.05) is 32.9 Å². The molecule has 10 heteroatoms. The van der Waals surface area contributed by atoms with Crippen molar-refractivity contribution in [1.29, 1.82) is 0 Å². The van der Waals surface area contributed by atoms with Gasteiger partial charge in [-0.3, -0.25) is 18.6 Å². The smallest absolute Gasteiger partial charge is 0.268 e. The number of hydrogen-bond acceptors (Lipinski definition) is 4. The normalized spacial score (nSPS) is 11.6. The van der Waals surface area contributed by atoms with E-state index in [1.165, 1.54) is 11.8 Å². The number of hydrogen-bond donors (Lipinski definition) is 2. The largest absolute Gasteiger partial charge is 0.350 e. The van der Waals surface area contributed by atoms with Crippen LogP contribution in [0, 0.1) is 0 Å². The molecule has 1 amide bonds. The van der Waals surface area contributed by atoms with Gasteiger partial charge in [0.1, 0.15) is 12.8 Å². The van der Waals surface area contributed by atoms with Crippen LogP contribution in [-0.4, -0.2) is 32.3 Å². The fraction of sp³-hybridized carbons (Fsp3) is 0.259. The van der Waals surface area contributed by atoms with Crippen LogP contribution < -0.4 is 20.2 Å². The maximum Gasteiger partial charge on any atom is 0.268 e. The van der Waals surface area contributed by atoms with Gasteiger partial charge in [0.05, 0.1) is 12.5 Å². The first kappa shape index (κ1) is 31.8. The van der Waals surface area contributed by atoms with Gasteiger partial charge in [0.15, 0.2) is 0 Å². The van der Waals surface area contributed by atoms with Crippen LogP contribution in [0.15, 0.2) is 78.9 Å². The Kier molecular flexibility index (Phi) is 13.0. The van der Waals surface area contributed by atoms with Crippen LogP contribution in [0.5, 0.6) is 0 Å². The number of rotatable bonds is 8. The van der Waals surface area contributed by atoms with E-state index in [4.69, 9.17) is 21.0 Å². The summed E-state index contributed by atoms with van der Waals surface area (Å²) in [7, 11) is -0.244. The quantitative estimate of drug-likeness (QED) is 0.158. The summed E-state index contributed by atoms with van der Waals surface area (Å²) < 4.78 is 30.6. The first-order chi connectivity index (χ1) is 17.6. The Morgan fingerprint density at radius 2 is 1.81 bits per heavy atom. The molecule has 0 aliphatic heterocycles. The number of halogens is 2. The van der Waals surface area contributed by atoms with Gasteiger partial charge in [-0.05, 0) is 44.5 Å². The van der Waals surface area contributed by atoms with Crippen molar-refractivity contribution < 1.29 is 27.8 Å². The molecule has 3 rings (SSSR count). The molecule has 0 fully saturated rings. The minimum Gasteiger partial charge on any atom is -0.350 e. The summed E-state index contributed by atoms with van der Waals surface area (Å²) >= 11 is 6.21. The maximum absolute atomic E-state index is 14.0. The van der Waals surface area contributed by atoms with Gasteiger partial charge in [-0.2, -0.15) is 0 Å². The van der Waals surface area contributed by atoms with Crippen LogP contribution in [0.3, 0.4) is 0 Å². The second kappa shape index (κ2) is 15.2. The van der Waals surface area contributed by atoms with Gasteiger partial charge in [-0.1, -0.05) is 35.9 Å². The Bertz CT molecular complexity index is 1300. The van der Waals surface area contributed by atoms with Crippen LogP contribution in [0.25, 0.3) is 10.9 Å². The summed E-state index contributed by atoms with van der Waals surface area (Å²) in [6.07, 6.45) is 6.92. The van der Waals surface area contributed by atoms with Crippen molar-refractivity contribution in [3.63, 3.8) is 0 Å². The van der Waals surface area contributed by atoms with Crippen LogP contribution >= 0.6 is 19.0 Å². The molecule has 2 heterocycles. The molecule has 2 N–H and O–H groups in total. The summed E-state index contributed by atoms with van der Waals surface area (Å²) in [6.45, 7) is 13.2. The molecular formula is C27H35ClFN3O4P+. The van der Waals surface area contributed by atoms with E-state index in [0.717, 1.165) is 11.1 Å². The molecule has 0 aliphatic rings. The first-order valence-electron chi connectivity index (χ1n) is 11.2. The first-order valence-corrected chi connectivity index (χ1v) is 13.2. The highest BCUT2D eigenvalue weighted by molar-refractivity contribution is 7.72. The number of aromatic amines is 1. The topological polar surface area (TPSA) is 84.3 Å². The van der Waals surface area contributed by atoms with Crippen LogP contribution in [0.4, 0.5) is 4.39 Å². The SMILES string of the molecule is C=C(C=C(C)C)P(=O)(OC)c1c(C(=O)NCc2cc[n+](OC)cc2)[nH]c2ccc(Cl)cc12.C=CC.CF. The minimum atomic E-state index is -3.65. The highest BCUT2D eigenvalue weighted by Crippen LogP contribution is 2.55. The average Bonchev–Trinajstić information content (AvgIpc) is 3.27. The molecule has 1 atom stereocenters. The number of nitrogens with one attached hydrogen (secondary N) is 2.